The van der Waals surface area contributed by atoms with Crippen LogP contribution in [0.4, 0.5) is 5.69 Å². The molecule has 2 fully saturated rings. The van der Waals surface area contributed by atoms with E-state index in [1.807, 2.05) is 0 Å². The van der Waals surface area contributed by atoms with Gasteiger partial charge >= 0.3 is 0 Å². The molecule has 2 saturated heterocycles. The molecule has 10 nitrogen and oxygen atoms in total. The van der Waals surface area contributed by atoms with E-state index in [1.54, 1.807) is 18.2 Å². The molecule has 2 atom stereocenters. The highest BCUT2D eigenvalue weighted by Crippen LogP contribution is 2.32. The minimum absolute atomic E-state index is 0.0938. The van der Waals surface area contributed by atoms with Crippen molar-refractivity contribution in [1.29, 1.82) is 0 Å². The first-order valence-corrected chi connectivity index (χ1v) is 12.5. The van der Waals surface area contributed by atoms with E-state index in [2.05, 4.69) is 21.3 Å². The Bertz CT molecular complexity index is 1000. The van der Waals surface area contributed by atoms with E-state index < -0.39 is 29.7 Å². The van der Waals surface area contributed by atoms with Crippen molar-refractivity contribution < 1.29 is 24.0 Å². The molecule has 3 aliphatic rings. The molecule has 0 bridgehead atoms. The van der Waals surface area contributed by atoms with Gasteiger partial charge in [-0.25, -0.2) is 0 Å². The molecule has 5 amide bonds. The number of carbonyl (C=O) groups excluding carboxylic acids is 5. The fourth-order valence-electron chi connectivity index (χ4n) is 4.94. The van der Waals surface area contributed by atoms with Gasteiger partial charge in [-0.1, -0.05) is 18.9 Å². The third-order valence-corrected chi connectivity index (χ3v) is 6.85. The Kier molecular flexibility index (Phi) is 8.12. The number of benzene rings is 1. The first-order chi connectivity index (χ1) is 17.0. The highest BCUT2D eigenvalue weighted by Gasteiger charge is 2.45. The van der Waals surface area contributed by atoms with Crippen molar-refractivity contribution in [3.63, 3.8) is 0 Å². The smallest absolute Gasteiger partial charge is 0.264 e. The maximum Gasteiger partial charge on any atom is 0.264 e. The van der Waals surface area contributed by atoms with Gasteiger partial charge in [0.15, 0.2) is 0 Å². The van der Waals surface area contributed by atoms with Crippen LogP contribution in [0.15, 0.2) is 18.2 Å². The summed E-state index contributed by atoms with van der Waals surface area (Å²) in [5, 5.41) is 11.7. The van der Waals surface area contributed by atoms with Crippen LogP contribution in [0.1, 0.15) is 72.1 Å². The van der Waals surface area contributed by atoms with E-state index in [0.29, 0.717) is 31.1 Å². The first-order valence-electron chi connectivity index (χ1n) is 12.5. The Hall–Kier alpha value is -3.27. The van der Waals surface area contributed by atoms with Crippen molar-refractivity contribution in [3.8, 4) is 0 Å². The second kappa shape index (κ2) is 11.4. The van der Waals surface area contributed by atoms with Gasteiger partial charge in [0.05, 0.1) is 11.1 Å². The minimum Gasteiger partial charge on any atom is -0.384 e. The van der Waals surface area contributed by atoms with Gasteiger partial charge in [0.25, 0.3) is 11.8 Å². The van der Waals surface area contributed by atoms with Gasteiger partial charge in [-0.3, -0.25) is 34.2 Å². The zero-order valence-corrected chi connectivity index (χ0v) is 19.9. The highest BCUT2D eigenvalue weighted by molar-refractivity contribution is 6.25. The molecule has 0 radical (unpaired) electrons. The van der Waals surface area contributed by atoms with Crippen LogP contribution in [0.2, 0.25) is 0 Å². The number of hydrogen-bond donors (Lipinski definition) is 4. The number of nitrogens with one attached hydrogen (secondary N) is 4. The number of hydrogen-bond acceptors (Lipinski definition) is 7. The molecule has 2 unspecified atom stereocenters. The number of rotatable bonds is 11. The largest absolute Gasteiger partial charge is 0.384 e. The van der Waals surface area contributed by atoms with Crippen LogP contribution in [0.3, 0.4) is 0 Å². The van der Waals surface area contributed by atoms with E-state index in [0.717, 1.165) is 50.1 Å². The van der Waals surface area contributed by atoms with E-state index in [4.69, 9.17) is 0 Å². The summed E-state index contributed by atoms with van der Waals surface area (Å²) < 4.78 is 0. The summed E-state index contributed by atoms with van der Waals surface area (Å²) in [6.07, 6.45) is 5.65. The normalized spacial score (nSPS) is 21.8. The number of nitrogens with zero attached hydrogens (tertiary/aromatic N) is 1. The summed E-state index contributed by atoms with van der Waals surface area (Å²) >= 11 is 0. The third kappa shape index (κ3) is 5.87. The number of unbranched alkanes of at least 4 members (excludes halogenated alkanes) is 3. The fourth-order valence-corrected chi connectivity index (χ4v) is 4.94. The van der Waals surface area contributed by atoms with Crippen molar-refractivity contribution in [1.82, 2.24) is 20.9 Å². The Labute approximate surface area is 204 Å². The second-order valence-corrected chi connectivity index (χ2v) is 9.43. The molecule has 1 aromatic carbocycles. The van der Waals surface area contributed by atoms with Gasteiger partial charge in [0, 0.05) is 31.6 Å². The van der Waals surface area contributed by atoms with Crippen LogP contribution in [-0.2, 0) is 14.4 Å². The molecule has 0 saturated carbocycles. The summed E-state index contributed by atoms with van der Waals surface area (Å²) in [4.78, 5) is 62.6. The quantitative estimate of drug-likeness (QED) is 0.274. The molecule has 0 aromatic heterocycles. The Morgan fingerprint density at radius 2 is 1.80 bits per heavy atom. The Morgan fingerprint density at radius 3 is 2.54 bits per heavy atom. The predicted molar refractivity (Wildman–Crippen MR) is 129 cm³/mol. The molecule has 0 spiro atoms. The lowest BCUT2D eigenvalue weighted by Crippen LogP contribution is -2.54. The molecule has 0 aliphatic carbocycles. The molecule has 4 rings (SSSR count). The monoisotopic (exact) mass is 483 g/mol. The van der Waals surface area contributed by atoms with Gasteiger partial charge in [-0.15, -0.1) is 0 Å². The van der Waals surface area contributed by atoms with Crippen LogP contribution < -0.4 is 21.3 Å². The van der Waals surface area contributed by atoms with Crippen LogP contribution >= 0.6 is 0 Å². The summed E-state index contributed by atoms with van der Waals surface area (Å²) in [5.41, 5.74) is 1.13. The molecule has 4 N–H and O–H groups in total. The first kappa shape index (κ1) is 24.8. The second-order valence-electron chi connectivity index (χ2n) is 9.43. The van der Waals surface area contributed by atoms with Gasteiger partial charge in [0.1, 0.15) is 6.04 Å². The summed E-state index contributed by atoms with van der Waals surface area (Å²) in [5.74, 6) is -1.44. The Morgan fingerprint density at radius 1 is 1.00 bits per heavy atom. The van der Waals surface area contributed by atoms with Crippen molar-refractivity contribution in [2.24, 2.45) is 5.92 Å². The third-order valence-electron chi connectivity index (χ3n) is 6.85. The molecular weight excluding hydrogens is 450 g/mol. The summed E-state index contributed by atoms with van der Waals surface area (Å²) in [7, 11) is 0. The fraction of sp³-hybridized carbons (Fsp3) is 0.560. The molecule has 10 heteroatoms. The topological polar surface area (TPSA) is 137 Å². The number of amides is 5. The number of anilines is 1. The highest BCUT2D eigenvalue weighted by atomic mass is 16.2. The van der Waals surface area contributed by atoms with Gasteiger partial charge in [-0.05, 0) is 56.8 Å². The molecule has 3 heterocycles. The van der Waals surface area contributed by atoms with E-state index in [-0.39, 0.29) is 29.9 Å². The molecule has 35 heavy (non-hydrogen) atoms. The number of fused-ring (bicyclic) bond motifs is 1. The van der Waals surface area contributed by atoms with Crippen molar-refractivity contribution >= 4 is 35.2 Å². The average molecular weight is 484 g/mol. The number of carbonyl (C=O) groups is 5. The summed E-state index contributed by atoms with van der Waals surface area (Å²) in [6.45, 7) is 3.25. The Balaban J connectivity index is 1.19. The molecule has 1 aromatic rings. The molecule has 188 valence electrons. The lowest BCUT2D eigenvalue weighted by atomic mass is 10.0. The van der Waals surface area contributed by atoms with Crippen molar-refractivity contribution in [2.45, 2.75) is 57.4 Å². The lowest BCUT2D eigenvalue weighted by Gasteiger charge is -2.27. The van der Waals surface area contributed by atoms with E-state index in [9.17, 15) is 24.0 Å². The van der Waals surface area contributed by atoms with Crippen LogP contribution in [-0.4, -0.2) is 66.7 Å². The number of piperidine rings is 1. The van der Waals surface area contributed by atoms with Crippen LogP contribution in [0.25, 0.3) is 0 Å². The van der Waals surface area contributed by atoms with Gasteiger partial charge in [0.2, 0.25) is 17.7 Å². The molecular formula is C25H33N5O5. The van der Waals surface area contributed by atoms with Crippen molar-refractivity contribution in [3.05, 3.63) is 29.3 Å². The van der Waals surface area contributed by atoms with E-state index >= 15 is 0 Å². The summed E-state index contributed by atoms with van der Waals surface area (Å²) in [6, 6.07) is 4.09. The zero-order chi connectivity index (χ0) is 24.8. The lowest BCUT2D eigenvalue weighted by molar-refractivity contribution is -0.136. The maximum absolute atomic E-state index is 13.1. The van der Waals surface area contributed by atoms with Crippen LogP contribution in [0.5, 0.6) is 0 Å². The van der Waals surface area contributed by atoms with Crippen LogP contribution in [0, 0.1) is 5.92 Å². The number of imide groups is 2. The standard InChI is InChI=1S/C25H33N5O5/c31-20-9-8-19(23(33)29-20)30-24(34)17-6-5-7-18(22(17)25(30)35)27-11-3-1-2-4-12-28-21(32)14-16-10-13-26-15-16/h5-7,16,19,26-27H,1-4,8-15H2,(H,28,32)(H,29,31,33). The SMILES string of the molecule is O=C(CC1CCNC1)NCCCCCCNc1cccc2c1C(=O)N(C1CCC(=O)NC1=O)C2=O. The molecule has 3 aliphatic heterocycles. The predicted octanol–water partition coefficient (Wildman–Crippen LogP) is 1.18. The minimum atomic E-state index is -0.969. The zero-order valence-electron chi connectivity index (χ0n) is 19.9. The van der Waals surface area contributed by atoms with Gasteiger partial charge < -0.3 is 16.0 Å². The maximum atomic E-state index is 13.1. The average Bonchev–Trinajstić information content (AvgIpc) is 3.43. The van der Waals surface area contributed by atoms with E-state index in [1.165, 1.54) is 0 Å². The van der Waals surface area contributed by atoms with Crippen molar-refractivity contribution in [2.75, 3.05) is 31.5 Å². The van der Waals surface area contributed by atoms with Gasteiger partial charge in [-0.2, -0.15) is 0 Å².